The number of allylic oxidation sites excluding steroid dienone is 1. The number of rotatable bonds is 7. The van der Waals surface area contributed by atoms with E-state index >= 15 is 0 Å². The molecule has 3 aromatic rings. The van der Waals surface area contributed by atoms with E-state index in [4.69, 9.17) is 9.47 Å². The average molecular weight is 390 g/mol. The van der Waals surface area contributed by atoms with Crippen LogP contribution in [0.1, 0.15) is 29.7 Å². The summed E-state index contributed by atoms with van der Waals surface area (Å²) < 4.78 is 11.1. The van der Waals surface area contributed by atoms with Crippen molar-refractivity contribution in [3.05, 3.63) is 101 Å². The van der Waals surface area contributed by atoms with Crippen LogP contribution in [0.15, 0.2) is 84.6 Å². The van der Waals surface area contributed by atoms with Gasteiger partial charge in [-0.15, -0.1) is 0 Å². The zero-order chi connectivity index (χ0) is 20.8. The molecule has 3 aromatic carbocycles. The van der Waals surface area contributed by atoms with Crippen molar-refractivity contribution in [2.24, 2.45) is 0 Å². The zero-order valence-electron chi connectivity index (χ0n) is 16.2. The van der Waals surface area contributed by atoms with Crippen molar-refractivity contribution < 1.29 is 24.5 Å². The Balaban J connectivity index is 1.95. The van der Waals surface area contributed by atoms with Crippen LogP contribution in [0.3, 0.4) is 0 Å². The third-order valence-corrected chi connectivity index (χ3v) is 4.55. The standard InChI is InChI=1S/C24H22O5/c1-16(28-2)22(24(26)27)20-13-6-7-14-21(20)29-19-12-8-11-18(15-19)23(25)17-9-4-3-5-10-17/h3-15,23,25H,1-2H3,(H,26,27)/b22-16+. The molecule has 1 unspecified atom stereocenters. The van der Waals surface area contributed by atoms with Crippen LogP contribution in [0.4, 0.5) is 0 Å². The molecule has 0 bridgehead atoms. The fourth-order valence-electron chi connectivity index (χ4n) is 3.02. The molecule has 0 fully saturated rings. The highest BCUT2D eigenvalue weighted by atomic mass is 16.5. The van der Waals surface area contributed by atoms with Gasteiger partial charge in [-0.05, 0) is 36.2 Å². The van der Waals surface area contributed by atoms with Gasteiger partial charge in [0.2, 0.25) is 0 Å². The van der Waals surface area contributed by atoms with E-state index in [9.17, 15) is 15.0 Å². The smallest absolute Gasteiger partial charge is 0.339 e. The largest absolute Gasteiger partial charge is 0.500 e. The van der Waals surface area contributed by atoms with Crippen molar-refractivity contribution in [2.75, 3.05) is 7.11 Å². The minimum Gasteiger partial charge on any atom is -0.500 e. The molecule has 5 heteroatoms. The molecule has 0 aliphatic rings. The predicted molar refractivity (Wildman–Crippen MR) is 111 cm³/mol. The van der Waals surface area contributed by atoms with Crippen LogP contribution < -0.4 is 4.74 Å². The molecule has 0 spiro atoms. The summed E-state index contributed by atoms with van der Waals surface area (Å²) in [4.78, 5) is 11.8. The van der Waals surface area contributed by atoms with Gasteiger partial charge in [-0.3, -0.25) is 0 Å². The Morgan fingerprint density at radius 1 is 0.897 bits per heavy atom. The van der Waals surface area contributed by atoms with Gasteiger partial charge in [0, 0.05) is 5.56 Å². The highest BCUT2D eigenvalue weighted by molar-refractivity contribution is 6.16. The number of aliphatic hydroxyl groups is 1. The number of methoxy groups -OCH3 is 1. The van der Waals surface area contributed by atoms with Crippen LogP contribution in [0.25, 0.3) is 5.57 Å². The molecule has 29 heavy (non-hydrogen) atoms. The van der Waals surface area contributed by atoms with Crippen LogP contribution in [-0.2, 0) is 9.53 Å². The second-order valence-corrected chi connectivity index (χ2v) is 6.42. The highest BCUT2D eigenvalue weighted by Crippen LogP contribution is 2.33. The number of carboxylic acid groups (broad SMARTS) is 1. The Morgan fingerprint density at radius 3 is 2.24 bits per heavy atom. The van der Waals surface area contributed by atoms with Gasteiger partial charge in [0.15, 0.2) is 0 Å². The van der Waals surface area contributed by atoms with E-state index in [0.717, 1.165) is 5.56 Å². The van der Waals surface area contributed by atoms with Gasteiger partial charge < -0.3 is 19.7 Å². The minimum atomic E-state index is -1.10. The Kier molecular flexibility index (Phi) is 6.32. The third kappa shape index (κ3) is 4.65. The van der Waals surface area contributed by atoms with E-state index < -0.39 is 12.1 Å². The van der Waals surface area contributed by atoms with Crippen LogP contribution >= 0.6 is 0 Å². The van der Waals surface area contributed by atoms with Crippen molar-refractivity contribution in [3.8, 4) is 11.5 Å². The Morgan fingerprint density at radius 2 is 1.55 bits per heavy atom. The fourth-order valence-corrected chi connectivity index (χ4v) is 3.02. The van der Waals surface area contributed by atoms with Crippen LogP contribution in [0.5, 0.6) is 11.5 Å². The number of hydrogen-bond donors (Lipinski definition) is 2. The lowest BCUT2D eigenvalue weighted by atomic mass is 10.0. The Labute approximate surface area is 169 Å². The van der Waals surface area contributed by atoms with Gasteiger partial charge in [-0.2, -0.15) is 0 Å². The molecule has 0 aliphatic carbocycles. The summed E-state index contributed by atoms with van der Waals surface area (Å²) in [5.74, 6) is 0.0489. The quantitative estimate of drug-likeness (QED) is 0.437. The first-order chi connectivity index (χ1) is 14.0. The van der Waals surface area contributed by atoms with Gasteiger partial charge in [0.1, 0.15) is 28.9 Å². The van der Waals surface area contributed by atoms with Crippen molar-refractivity contribution >= 4 is 11.5 Å². The van der Waals surface area contributed by atoms with Crippen molar-refractivity contribution in [2.45, 2.75) is 13.0 Å². The second kappa shape index (κ2) is 9.08. The fraction of sp³-hybridized carbons (Fsp3) is 0.125. The number of carbonyl (C=O) groups is 1. The van der Waals surface area contributed by atoms with E-state index in [1.165, 1.54) is 7.11 Å². The molecular weight excluding hydrogens is 368 g/mol. The average Bonchev–Trinajstić information content (AvgIpc) is 2.75. The molecule has 0 heterocycles. The molecule has 0 saturated heterocycles. The van der Waals surface area contributed by atoms with E-state index in [1.807, 2.05) is 36.4 Å². The summed E-state index contributed by atoms with van der Waals surface area (Å²) in [6.07, 6.45) is -0.791. The van der Waals surface area contributed by atoms with Gasteiger partial charge >= 0.3 is 5.97 Å². The SMILES string of the molecule is CO/C(C)=C(/C(=O)O)c1ccccc1Oc1cccc(C(O)c2ccccc2)c1. The number of aliphatic carboxylic acids is 1. The molecule has 5 nitrogen and oxygen atoms in total. The van der Waals surface area contributed by atoms with Gasteiger partial charge in [-0.25, -0.2) is 4.79 Å². The molecule has 2 N–H and O–H groups in total. The monoisotopic (exact) mass is 390 g/mol. The maximum atomic E-state index is 11.8. The van der Waals surface area contributed by atoms with E-state index in [2.05, 4.69) is 0 Å². The number of aliphatic hydroxyl groups excluding tert-OH is 1. The lowest BCUT2D eigenvalue weighted by Gasteiger charge is -2.15. The Hall–Kier alpha value is -3.57. The second-order valence-electron chi connectivity index (χ2n) is 6.42. The van der Waals surface area contributed by atoms with E-state index in [-0.39, 0.29) is 11.3 Å². The molecule has 148 valence electrons. The molecule has 0 radical (unpaired) electrons. The van der Waals surface area contributed by atoms with Gasteiger partial charge in [0.05, 0.1) is 7.11 Å². The first kappa shape index (κ1) is 20.2. The number of ether oxygens (including phenoxy) is 2. The molecule has 1 atom stereocenters. The summed E-state index contributed by atoms with van der Waals surface area (Å²) in [6, 6.07) is 23.3. The molecule has 0 amide bonds. The summed E-state index contributed by atoms with van der Waals surface area (Å²) >= 11 is 0. The third-order valence-electron chi connectivity index (χ3n) is 4.55. The summed E-state index contributed by atoms with van der Waals surface area (Å²) in [5, 5.41) is 20.3. The molecule has 0 aromatic heterocycles. The van der Waals surface area contributed by atoms with Gasteiger partial charge in [0.25, 0.3) is 0 Å². The Bertz CT molecular complexity index is 1020. The van der Waals surface area contributed by atoms with Crippen molar-refractivity contribution in [1.29, 1.82) is 0 Å². The lowest BCUT2D eigenvalue weighted by molar-refractivity contribution is -0.130. The molecule has 0 saturated carbocycles. The summed E-state index contributed by atoms with van der Waals surface area (Å²) in [6.45, 7) is 1.59. The maximum absolute atomic E-state index is 11.8. The summed E-state index contributed by atoms with van der Waals surface area (Å²) in [7, 11) is 1.43. The lowest BCUT2D eigenvalue weighted by Crippen LogP contribution is -2.05. The topological polar surface area (TPSA) is 76.0 Å². The normalized spacial score (nSPS) is 12.7. The van der Waals surface area contributed by atoms with E-state index in [1.54, 1.807) is 49.4 Å². The summed E-state index contributed by atoms with van der Waals surface area (Å²) in [5.41, 5.74) is 1.89. The molecule has 3 rings (SSSR count). The van der Waals surface area contributed by atoms with Crippen LogP contribution in [0.2, 0.25) is 0 Å². The molecule has 0 aliphatic heterocycles. The van der Waals surface area contributed by atoms with Crippen molar-refractivity contribution in [1.82, 2.24) is 0 Å². The van der Waals surface area contributed by atoms with E-state index in [0.29, 0.717) is 22.6 Å². The van der Waals surface area contributed by atoms with Crippen molar-refractivity contribution in [3.63, 3.8) is 0 Å². The zero-order valence-corrected chi connectivity index (χ0v) is 16.2. The van der Waals surface area contributed by atoms with Gasteiger partial charge in [-0.1, -0.05) is 60.7 Å². The van der Waals surface area contributed by atoms with Crippen LogP contribution in [0, 0.1) is 0 Å². The minimum absolute atomic E-state index is 0.0311. The first-order valence-corrected chi connectivity index (χ1v) is 9.09. The highest BCUT2D eigenvalue weighted by Gasteiger charge is 2.20. The molecular formula is C24H22O5. The number of para-hydroxylation sites is 1. The maximum Gasteiger partial charge on any atom is 0.339 e. The first-order valence-electron chi connectivity index (χ1n) is 9.09. The predicted octanol–water partition coefficient (Wildman–Crippen LogP) is 5.02. The van der Waals surface area contributed by atoms with Crippen LogP contribution in [-0.4, -0.2) is 23.3 Å². The number of benzene rings is 3. The number of carboxylic acids is 1. The number of hydrogen-bond acceptors (Lipinski definition) is 4.